The monoisotopic (exact) mass is 408 g/mol. The first-order chi connectivity index (χ1) is 14.6. The first-order valence-corrected chi connectivity index (χ1v) is 11.3. The van der Waals surface area contributed by atoms with E-state index >= 15 is 0 Å². The predicted molar refractivity (Wildman–Crippen MR) is 119 cm³/mol. The molecule has 2 aromatic carbocycles. The maximum Gasteiger partial charge on any atom is 0.282 e. The molecule has 0 saturated heterocycles. The van der Waals surface area contributed by atoms with E-state index in [9.17, 15) is 9.59 Å². The van der Waals surface area contributed by atoms with Gasteiger partial charge < -0.3 is 5.73 Å². The lowest BCUT2D eigenvalue weighted by atomic mass is 9.96. The third-order valence-electron chi connectivity index (χ3n) is 6.41. The van der Waals surface area contributed by atoms with Crippen LogP contribution in [0.2, 0.25) is 0 Å². The van der Waals surface area contributed by atoms with Crippen molar-refractivity contribution in [2.75, 3.05) is 0 Å². The third-order valence-corrected chi connectivity index (χ3v) is 6.41. The van der Waals surface area contributed by atoms with Crippen LogP contribution in [0.15, 0.2) is 36.4 Å². The molecule has 0 aliphatic heterocycles. The minimum absolute atomic E-state index is 0.0629. The molecule has 4 rings (SSSR count). The summed E-state index contributed by atoms with van der Waals surface area (Å²) in [6, 6.07) is 11.6. The molecule has 2 aromatic rings. The van der Waals surface area contributed by atoms with E-state index in [0.717, 1.165) is 36.5 Å². The summed E-state index contributed by atoms with van der Waals surface area (Å²) in [4.78, 5) is 24.9. The minimum Gasteiger partial charge on any atom is -0.366 e. The zero-order chi connectivity index (χ0) is 20.9. The summed E-state index contributed by atoms with van der Waals surface area (Å²) in [7, 11) is 0. The van der Waals surface area contributed by atoms with Gasteiger partial charge in [0.25, 0.3) is 5.91 Å². The second-order valence-corrected chi connectivity index (χ2v) is 8.71. The molecule has 4 N–H and O–H groups in total. The number of carbonyl (C=O) groups excluding carboxylic acids is 2. The number of benzene rings is 2. The number of fused-ring (bicyclic) bond motifs is 1. The van der Waals surface area contributed by atoms with Crippen molar-refractivity contribution in [1.29, 1.82) is 0 Å². The smallest absolute Gasteiger partial charge is 0.282 e. The molecule has 0 radical (unpaired) electrons. The number of amides is 2. The quantitative estimate of drug-likeness (QED) is 0.629. The van der Waals surface area contributed by atoms with Crippen molar-refractivity contribution in [3.63, 3.8) is 0 Å². The first kappa shape index (κ1) is 20.8. The fourth-order valence-corrected chi connectivity index (χ4v) is 4.64. The van der Waals surface area contributed by atoms with E-state index in [1.165, 1.54) is 38.5 Å². The van der Waals surface area contributed by atoms with Crippen LogP contribution in [0.4, 0.5) is 0 Å². The summed E-state index contributed by atoms with van der Waals surface area (Å²) in [6.07, 6.45) is 11.8. The van der Waals surface area contributed by atoms with Gasteiger partial charge in [-0.2, -0.15) is 0 Å². The van der Waals surface area contributed by atoms with Crippen molar-refractivity contribution in [3.05, 3.63) is 47.5 Å². The van der Waals surface area contributed by atoms with Crippen molar-refractivity contribution in [2.45, 2.75) is 76.3 Å². The number of hydrazine groups is 2. The first-order valence-electron chi connectivity index (χ1n) is 11.3. The van der Waals surface area contributed by atoms with Gasteiger partial charge in [-0.3, -0.25) is 9.59 Å². The van der Waals surface area contributed by atoms with Crippen molar-refractivity contribution in [2.24, 2.45) is 5.73 Å². The average Bonchev–Trinajstić information content (AvgIpc) is 2.79. The van der Waals surface area contributed by atoms with Gasteiger partial charge in [0, 0.05) is 23.2 Å². The van der Waals surface area contributed by atoms with E-state index in [0.29, 0.717) is 23.2 Å². The summed E-state index contributed by atoms with van der Waals surface area (Å²) in [6.45, 7) is 0. The standard InChI is InChI=1S/C24H32N4O2/c25-23(29)19-13-11-18-16-20(14-12-17(18)15-19)24(30)28(26-21-7-3-1-4-8-21)27-22-9-5-2-6-10-22/h11-16,21-22,26-27H,1-10H2,(H2,25,29). The Morgan fingerprint density at radius 2 is 1.20 bits per heavy atom. The summed E-state index contributed by atoms with van der Waals surface area (Å²) < 4.78 is 0. The van der Waals surface area contributed by atoms with Crippen LogP contribution in [0.3, 0.4) is 0 Å². The Hall–Kier alpha value is -2.44. The highest BCUT2D eigenvalue weighted by Crippen LogP contribution is 2.22. The molecule has 0 atom stereocenters. The van der Waals surface area contributed by atoms with Crippen LogP contribution in [0.25, 0.3) is 10.8 Å². The van der Waals surface area contributed by atoms with Gasteiger partial charge in [-0.25, -0.2) is 16.0 Å². The number of primary amides is 1. The van der Waals surface area contributed by atoms with Crippen LogP contribution in [-0.2, 0) is 0 Å². The molecule has 2 aliphatic rings. The SMILES string of the molecule is NC(=O)c1ccc2cc(C(=O)N(NC3CCCCC3)NC3CCCCC3)ccc2c1. The highest BCUT2D eigenvalue weighted by Gasteiger charge is 2.25. The fraction of sp³-hybridized carbons (Fsp3) is 0.500. The van der Waals surface area contributed by atoms with E-state index in [4.69, 9.17) is 5.73 Å². The number of rotatable bonds is 6. The maximum absolute atomic E-state index is 13.4. The van der Waals surface area contributed by atoms with Gasteiger partial charge >= 0.3 is 0 Å². The molecule has 30 heavy (non-hydrogen) atoms. The van der Waals surface area contributed by atoms with E-state index < -0.39 is 5.91 Å². The number of hydrogen-bond donors (Lipinski definition) is 3. The Balaban J connectivity index is 1.55. The molecule has 0 spiro atoms. The van der Waals surface area contributed by atoms with Gasteiger partial charge in [-0.05, 0) is 60.7 Å². The summed E-state index contributed by atoms with van der Waals surface area (Å²) in [5, 5.41) is 3.47. The molecule has 0 heterocycles. The van der Waals surface area contributed by atoms with Crippen LogP contribution < -0.4 is 16.6 Å². The van der Waals surface area contributed by atoms with Crippen LogP contribution in [0.5, 0.6) is 0 Å². The van der Waals surface area contributed by atoms with Gasteiger partial charge in [0.2, 0.25) is 5.91 Å². The lowest BCUT2D eigenvalue weighted by Gasteiger charge is -2.35. The average molecular weight is 409 g/mol. The number of hydrogen-bond acceptors (Lipinski definition) is 4. The van der Waals surface area contributed by atoms with E-state index in [-0.39, 0.29) is 5.91 Å². The number of carbonyl (C=O) groups is 2. The molecule has 2 aliphatic carbocycles. The summed E-state index contributed by atoms with van der Waals surface area (Å²) in [5.74, 6) is -0.511. The molecule has 0 aromatic heterocycles. The second kappa shape index (κ2) is 9.58. The van der Waals surface area contributed by atoms with Crippen molar-refractivity contribution in [1.82, 2.24) is 16.0 Å². The van der Waals surface area contributed by atoms with Gasteiger partial charge in [-0.1, -0.05) is 50.7 Å². The minimum atomic E-state index is -0.448. The molecule has 2 saturated carbocycles. The Morgan fingerprint density at radius 1 is 0.733 bits per heavy atom. The highest BCUT2D eigenvalue weighted by molar-refractivity contribution is 6.01. The number of nitrogens with one attached hydrogen (secondary N) is 2. The van der Waals surface area contributed by atoms with Crippen molar-refractivity contribution < 1.29 is 9.59 Å². The van der Waals surface area contributed by atoms with Gasteiger partial charge in [0.15, 0.2) is 0 Å². The van der Waals surface area contributed by atoms with Gasteiger partial charge in [0.05, 0.1) is 0 Å². The summed E-state index contributed by atoms with van der Waals surface area (Å²) in [5.41, 5.74) is 13.5. The largest absolute Gasteiger partial charge is 0.366 e. The zero-order valence-corrected chi connectivity index (χ0v) is 17.5. The molecular weight excluding hydrogens is 376 g/mol. The van der Waals surface area contributed by atoms with Gasteiger partial charge in [0.1, 0.15) is 0 Å². The van der Waals surface area contributed by atoms with Gasteiger partial charge in [-0.15, -0.1) is 0 Å². The number of nitrogens with two attached hydrogens (primary N) is 1. The lowest BCUT2D eigenvalue weighted by Crippen LogP contribution is -2.58. The molecule has 2 fully saturated rings. The highest BCUT2D eigenvalue weighted by atomic mass is 16.2. The van der Waals surface area contributed by atoms with Crippen LogP contribution >= 0.6 is 0 Å². The van der Waals surface area contributed by atoms with Crippen LogP contribution in [-0.4, -0.2) is 29.0 Å². The molecule has 0 unspecified atom stereocenters. The second-order valence-electron chi connectivity index (χ2n) is 8.71. The Bertz CT molecular complexity index is 881. The zero-order valence-electron chi connectivity index (χ0n) is 17.5. The Labute approximate surface area is 178 Å². The summed E-state index contributed by atoms with van der Waals surface area (Å²) >= 11 is 0. The van der Waals surface area contributed by atoms with E-state index in [1.807, 2.05) is 24.3 Å². The Kier molecular flexibility index (Phi) is 6.65. The fourth-order valence-electron chi connectivity index (χ4n) is 4.64. The van der Waals surface area contributed by atoms with E-state index in [2.05, 4.69) is 10.9 Å². The molecule has 6 nitrogen and oxygen atoms in total. The Morgan fingerprint density at radius 3 is 1.70 bits per heavy atom. The van der Waals surface area contributed by atoms with Crippen LogP contribution in [0.1, 0.15) is 84.9 Å². The molecule has 6 heteroatoms. The van der Waals surface area contributed by atoms with Crippen molar-refractivity contribution in [3.8, 4) is 0 Å². The van der Waals surface area contributed by atoms with Crippen LogP contribution in [0, 0.1) is 0 Å². The normalized spacial score (nSPS) is 18.4. The third kappa shape index (κ3) is 4.99. The molecular formula is C24H32N4O2. The van der Waals surface area contributed by atoms with Crippen molar-refractivity contribution >= 4 is 22.6 Å². The topological polar surface area (TPSA) is 87.5 Å². The maximum atomic E-state index is 13.4. The molecule has 0 bridgehead atoms. The molecule has 2 amide bonds. The predicted octanol–water partition coefficient (Wildman–Crippen LogP) is 4.06. The number of nitrogens with zero attached hydrogens (tertiary/aromatic N) is 1. The van der Waals surface area contributed by atoms with E-state index in [1.54, 1.807) is 17.3 Å². The molecule has 160 valence electrons. The lowest BCUT2D eigenvalue weighted by molar-refractivity contribution is 0.0325.